The molecule has 1 atom stereocenters. The highest BCUT2D eigenvalue weighted by Crippen LogP contribution is 2.26. The zero-order valence-electron chi connectivity index (χ0n) is 16.2. The number of ether oxygens (including phenoxy) is 1. The first-order chi connectivity index (χ1) is 12.8. The van der Waals surface area contributed by atoms with Crippen LogP contribution in [0.3, 0.4) is 0 Å². The Balaban J connectivity index is 2.02. The fourth-order valence-electron chi connectivity index (χ4n) is 3.09. The van der Waals surface area contributed by atoms with E-state index >= 15 is 0 Å². The summed E-state index contributed by atoms with van der Waals surface area (Å²) < 4.78 is 7.40. The maximum Gasteiger partial charge on any atom is 0.283 e. The molecule has 1 aliphatic rings. The van der Waals surface area contributed by atoms with E-state index in [0.29, 0.717) is 27.2 Å². The molecule has 2 aromatic rings. The Morgan fingerprint density at radius 2 is 2.22 bits per heavy atom. The van der Waals surface area contributed by atoms with Gasteiger partial charge in [0.05, 0.1) is 12.7 Å². The van der Waals surface area contributed by atoms with Crippen molar-refractivity contribution in [1.82, 2.24) is 9.88 Å². The molecule has 0 bridgehead atoms. The number of hydrogen-bond donors (Lipinski definition) is 1. The number of methoxy groups -OCH3 is 1. The van der Waals surface area contributed by atoms with E-state index in [-0.39, 0.29) is 11.3 Å². The molecule has 3 rings (SSSR count). The smallest absolute Gasteiger partial charge is 0.283 e. The van der Waals surface area contributed by atoms with Crippen molar-refractivity contribution in [2.24, 2.45) is 4.99 Å². The summed E-state index contributed by atoms with van der Waals surface area (Å²) in [6.07, 6.45) is 4.46. The van der Waals surface area contributed by atoms with Gasteiger partial charge in [0.1, 0.15) is 5.75 Å². The number of amides is 1. The largest absolute Gasteiger partial charge is 0.496 e. The lowest BCUT2D eigenvalue weighted by Gasteiger charge is -2.15. The van der Waals surface area contributed by atoms with Crippen LogP contribution in [0.2, 0.25) is 5.02 Å². The topological polar surface area (TPSA) is 55.6 Å². The lowest BCUT2D eigenvalue weighted by molar-refractivity contribution is 0.0994. The van der Waals surface area contributed by atoms with Gasteiger partial charge in [-0.3, -0.25) is 4.79 Å². The number of nitrogens with one attached hydrogen (secondary N) is 1. The number of nitrogens with zero attached hydrogens (tertiary/aromatic N) is 2. The van der Waals surface area contributed by atoms with Gasteiger partial charge in [-0.1, -0.05) is 32.4 Å². The Bertz CT molecular complexity index is 889. The molecular formula is C20H26ClN3O2S. The molecule has 1 aliphatic heterocycles. The molecule has 0 unspecified atom stereocenters. The highest BCUT2D eigenvalue weighted by molar-refractivity contribution is 7.09. The van der Waals surface area contributed by atoms with Crippen LogP contribution in [-0.2, 0) is 12.0 Å². The third kappa shape index (κ3) is 4.81. The molecule has 1 N–H and O–H groups in total. The van der Waals surface area contributed by atoms with E-state index < -0.39 is 0 Å². The van der Waals surface area contributed by atoms with Crippen LogP contribution >= 0.6 is 22.9 Å². The maximum absolute atomic E-state index is 12.9. The molecule has 0 radical (unpaired) electrons. The summed E-state index contributed by atoms with van der Waals surface area (Å²) in [5.74, 6) is 0.134. The molecule has 5 nitrogen and oxygen atoms in total. The molecule has 1 aromatic carbocycles. The van der Waals surface area contributed by atoms with Gasteiger partial charge in [0.25, 0.3) is 5.91 Å². The maximum atomic E-state index is 12.9. The molecule has 0 aliphatic carbocycles. The highest BCUT2D eigenvalue weighted by Gasteiger charge is 2.21. The van der Waals surface area contributed by atoms with Gasteiger partial charge >= 0.3 is 0 Å². The Morgan fingerprint density at radius 3 is 2.85 bits per heavy atom. The fraction of sp³-hybridized carbons (Fsp3) is 0.500. The van der Waals surface area contributed by atoms with Gasteiger partial charge in [0.15, 0.2) is 4.80 Å². The van der Waals surface area contributed by atoms with Crippen molar-refractivity contribution >= 4 is 28.8 Å². The minimum Gasteiger partial charge on any atom is -0.496 e. The van der Waals surface area contributed by atoms with Gasteiger partial charge in [-0.05, 0) is 43.0 Å². The van der Waals surface area contributed by atoms with Crippen molar-refractivity contribution in [2.75, 3.05) is 13.7 Å². The summed E-state index contributed by atoms with van der Waals surface area (Å²) >= 11 is 7.63. The van der Waals surface area contributed by atoms with Gasteiger partial charge < -0.3 is 14.6 Å². The average Bonchev–Trinajstić information content (AvgIpc) is 3.25. The normalized spacial score (nSPS) is 18.1. The number of aromatic nitrogens is 1. The molecule has 2 heterocycles. The zero-order valence-corrected chi connectivity index (χ0v) is 17.8. The molecule has 7 heteroatoms. The van der Waals surface area contributed by atoms with Gasteiger partial charge in [-0.15, -0.1) is 11.3 Å². The molecule has 1 saturated heterocycles. The van der Waals surface area contributed by atoms with Crippen molar-refractivity contribution in [3.8, 4) is 5.75 Å². The molecule has 0 saturated carbocycles. The monoisotopic (exact) mass is 407 g/mol. The number of halogens is 1. The predicted molar refractivity (Wildman–Crippen MR) is 110 cm³/mol. The van der Waals surface area contributed by atoms with Gasteiger partial charge in [0.2, 0.25) is 0 Å². The highest BCUT2D eigenvalue weighted by atomic mass is 35.5. The third-order valence-corrected chi connectivity index (χ3v) is 6.31. The number of carbonyl (C=O) groups excluding carboxylic acids is 1. The Morgan fingerprint density at radius 1 is 1.44 bits per heavy atom. The van der Waals surface area contributed by atoms with Crippen molar-refractivity contribution in [2.45, 2.75) is 51.6 Å². The van der Waals surface area contributed by atoms with Crippen LogP contribution < -0.4 is 14.9 Å². The molecular weight excluding hydrogens is 382 g/mol. The SMILES string of the molecule is COc1ccc(Cl)cc1C(=O)/N=c1\sc(C(C)(C)C)cn1C[C@@H]1CCCN1. The summed E-state index contributed by atoms with van der Waals surface area (Å²) in [6.45, 7) is 8.37. The van der Waals surface area contributed by atoms with Crippen molar-refractivity contribution < 1.29 is 9.53 Å². The second-order valence-corrected chi connectivity index (χ2v) is 9.28. The van der Waals surface area contributed by atoms with Crippen LogP contribution in [0.15, 0.2) is 29.4 Å². The second kappa shape index (κ2) is 8.17. The summed E-state index contributed by atoms with van der Waals surface area (Å²) in [5.41, 5.74) is 0.376. The third-order valence-electron chi connectivity index (χ3n) is 4.63. The van der Waals surface area contributed by atoms with Crippen LogP contribution in [0.5, 0.6) is 5.75 Å². The first kappa shape index (κ1) is 20.1. The lowest BCUT2D eigenvalue weighted by atomic mass is 9.95. The minimum absolute atomic E-state index is 0.0000832. The number of benzene rings is 1. The fourth-order valence-corrected chi connectivity index (χ4v) is 4.32. The van der Waals surface area contributed by atoms with Gasteiger partial charge in [-0.25, -0.2) is 0 Å². The van der Waals surface area contributed by atoms with Gasteiger partial charge in [-0.2, -0.15) is 4.99 Å². The summed E-state index contributed by atoms with van der Waals surface area (Å²) in [4.78, 5) is 19.2. The van der Waals surface area contributed by atoms with E-state index in [2.05, 4.69) is 41.8 Å². The quantitative estimate of drug-likeness (QED) is 0.833. The van der Waals surface area contributed by atoms with Crippen LogP contribution in [0.25, 0.3) is 0 Å². The molecule has 0 spiro atoms. The van der Waals surface area contributed by atoms with E-state index in [1.54, 1.807) is 29.5 Å². The lowest BCUT2D eigenvalue weighted by Crippen LogP contribution is -2.30. The predicted octanol–water partition coefficient (Wildman–Crippen LogP) is 4.00. The van der Waals surface area contributed by atoms with Crippen molar-refractivity contribution in [1.29, 1.82) is 0 Å². The number of thiazole rings is 1. The number of carbonyl (C=O) groups is 1. The molecule has 1 fully saturated rings. The second-order valence-electron chi connectivity index (χ2n) is 7.84. The van der Waals surface area contributed by atoms with E-state index in [0.717, 1.165) is 19.5 Å². The first-order valence-corrected chi connectivity index (χ1v) is 10.3. The van der Waals surface area contributed by atoms with E-state index in [1.807, 2.05) is 0 Å². The van der Waals surface area contributed by atoms with E-state index in [1.165, 1.54) is 18.4 Å². The Hall–Kier alpha value is -1.63. The molecule has 146 valence electrons. The summed E-state index contributed by atoms with van der Waals surface area (Å²) in [6, 6.07) is 5.41. The minimum atomic E-state index is -0.343. The molecule has 1 aromatic heterocycles. The van der Waals surface area contributed by atoms with Crippen LogP contribution in [0.4, 0.5) is 0 Å². The van der Waals surface area contributed by atoms with Crippen molar-refractivity contribution in [3.05, 3.63) is 44.7 Å². The standard InChI is InChI=1S/C20H26ClN3O2S/c1-20(2,3)17-12-24(11-14-6-5-9-22-14)19(27-17)23-18(25)15-10-13(21)7-8-16(15)26-4/h7-8,10,12,14,22H,5-6,9,11H2,1-4H3/b23-19-/t14-/m0/s1. The van der Waals surface area contributed by atoms with Crippen LogP contribution in [-0.4, -0.2) is 30.2 Å². The van der Waals surface area contributed by atoms with Crippen molar-refractivity contribution in [3.63, 3.8) is 0 Å². The molecule has 1 amide bonds. The molecule has 27 heavy (non-hydrogen) atoms. The van der Waals surface area contributed by atoms with Crippen LogP contribution in [0, 0.1) is 0 Å². The first-order valence-electron chi connectivity index (χ1n) is 9.14. The number of hydrogen-bond acceptors (Lipinski definition) is 4. The van der Waals surface area contributed by atoms with Gasteiger partial charge in [0, 0.05) is 28.7 Å². The van der Waals surface area contributed by atoms with Crippen LogP contribution in [0.1, 0.15) is 48.8 Å². The van der Waals surface area contributed by atoms with E-state index in [4.69, 9.17) is 16.3 Å². The Labute approximate surface area is 169 Å². The van der Waals surface area contributed by atoms with E-state index in [9.17, 15) is 4.79 Å². The summed E-state index contributed by atoms with van der Waals surface area (Å²) in [5, 5.41) is 4.00. The average molecular weight is 408 g/mol. The Kier molecular flexibility index (Phi) is 6.08. The number of rotatable bonds is 4. The summed E-state index contributed by atoms with van der Waals surface area (Å²) in [7, 11) is 1.54. The zero-order chi connectivity index (χ0) is 19.6.